The lowest BCUT2D eigenvalue weighted by molar-refractivity contribution is 0.596. The lowest BCUT2D eigenvalue weighted by Gasteiger charge is -2.21. The zero-order valence-corrected chi connectivity index (χ0v) is 8.96. The fraction of sp³-hybridized carbons (Fsp3) is 0.286. The third-order valence-electron chi connectivity index (χ3n) is 2.51. The molecule has 0 heterocycles. The molecular weight excluding hydrogens is 168 g/mol. The van der Waals surface area contributed by atoms with E-state index in [1.165, 1.54) is 16.3 Å². The normalized spacial score (nSPS) is 11.9. The highest BCUT2D eigenvalue weighted by Crippen LogP contribution is 2.29. The minimum absolute atomic E-state index is 0.203. The van der Waals surface area contributed by atoms with E-state index in [0.29, 0.717) is 0 Å². The van der Waals surface area contributed by atoms with Crippen molar-refractivity contribution in [1.29, 1.82) is 0 Å². The number of hydrogen-bond acceptors (Lipinski definition) is 0. The lowest BCUT2D eigenvalue weighted by Crippen LogP contribution is -2.11. The van der Waals surface area contributed by atoms with Crippen molar-refractivity contribution in [2.75, 3.05) is 0 Å². The molecule has 2 aromatic rings. The Morgan fingerprint density at radius 1 is 1.00 bits per heavy atom. The largest absolute Gasteiger partial charge is 0.0613 e. The molecule has 0 spiro atoms. The number of benzene rings is 2. The predicted octanol–water partition coefficient (Wildman–Crippen LogP) is 3.94. The van der Waals surface area contributed by atoms with Gasteiger partial charge in [-0.05, 0) is 27.8 Å². The van der Waals surface area contributed by atoms with Gasteiger partial charge in [0.15, 0.2) is 0 Å². The van der Waals surface area contributed by atoms with Crippen molar-refractivity contribution in [3.63, 3.8) is 0 Å². The SMILES string of the molecule is CC(C)(C)c1cccc2[c]cccc12. The zero-order valence-electron chi connectivity index (χ0n) is 8.96. The molecule has 0 saturated heterocycles. The predicted molar refractivity (Wildman–Crippen MR) is 61.5 cm³/mol. The summed E-state index contributed by atoms with van der Waals surface area (Å²) >= 11 is 0. The first kappa shape index (κ1) is 9.26. The monoisotopic (exact) mass is 183 g/mol. The van der Waals surface area contributed by atoms with Gasteiger partial charge in [-0.3, -0.25) is 0 Å². The molecule has 1 radical (unpaired) electrons. The Kier molecular flexibility index (Phi) is 2.07. The van der Waals surface area contributed by atoms with E-state index in [0.717, 1.165) is 0 Å². The first-order chi connectivity index (χ1) is 6.59. The summed E-state index contributed by atoms with van der Waals surface area (Å²) in [6.45, 7) is 6.73. The molecule has 0 N–H and O–H groups in total. The van der Waals surface area contributed by atoms with Crippen LogP contribution in [0.1, 0.15) is 26.3 Å². The van der Waals surface area contributed by atoms with Gasteiger partial charge in [0.2, 0.25) is 0 Å². The van der Waals surface area contributed by atoms with Crippen LogP contribution in [-0.2, 0) is 5.41 Å². The molecule has 0 bridgehead atoms. The molecule has 0 unspecified atom stereocenters. The van der Waals surface area contributed by atoms with Crippen LogP contribution in [0.2, 0.25) is 0 Å². The van der Waals surface area contributed by atoms with Crippen molar-refractivity contribution in [3.8, 4) is 0 Å². The molecule has 0 amide bonds. The Labute approximate surface area is 85.6 Å². The second-order valence-electron chi connectivity index (χ2n) is 4.69. The molecule has 0 fully saturated rings. The molecule has 2 aromatic carbocycles. The van der Waals surface area contributed by atoms with Crippen molar-refractivity contribution in [2.24, 2.45) is 0 Å². The van der Waals surface area contributed by atoms with Crippen LogP contribution < -0.4 is 0 Å². The zero-order chi connectivity index (χ0) is 10.2. The number of rotatable bonds is 0. The van der Waals surface area contributed by atoms with E-state index in [-0.39, 0.29) is 5.41 Å². The minimum atomic E-state index is 0.203. The van der Waals surface area contributed by atoms with E-state index in [1.807, 2.05) is 6.07 Å². The molecule has 0 saturated carbocycles. The van der Waals surface area contributed by atoms with E-state index >= 15 is 0 Å². The third-order valence-corrected chi connectivity index (χ3v) is 2.51. The third kappa shape index (κ3) is 1.52. The van der Waals surface area contributed by atoms with Crippen LogP contribution in [0, 0.1) is 6.07 Å². The molecule has 0 aliphatic carbocycles. The maximum absolute atomic E-state index is 3.26. The standard InChI is InChI=1S/C14H15/c1-14(2,3)13-10-6-8-11-7-4-5-9-12(11)13/h4-6,8-10H,1-3H3. The van der Waals surface area contributed by atoms with Crippen LogP contribution >= 0.6 is 0 Å². The molecule has 14 heavy (non-hydrogen) atoms. The molecule has 0 heteroatoms. The number of hydrogen-bond donors (Lipinski definition) is 0. The van der Waals surface area contributed by atoms with Crippen LogP contribution in [-0.4, -0.2) is 0 Å². The highest BCUT2D eigenvalue weighted by Gasteiger charge is 2.15. The Bertz CT molecular complexity index is 442. The Morgan fingerprint density at radius 2 is 1.79 bits per heavy atom. The van der Waals surface area contributed by atoms with Crippen molar-refractivity contribution in [1.82, 2.24) is 0 Å². The van der Waals surface area contributed by atoms with Crippen molar-refractivity contribution >= 4 is 10.8 Å². The van der Waals surface area contributed by atoms with Crippen molar-refractivity contribution in [3.05, 3.63) is 48.0 Å². The first-order valence-electron chi connectivity index (χ1n) is 4.99. The van der Waals surface area contributed by atoms with E-state index in [1.54, 1.807) is 0 Å². The van der Waals surface area contributed by atoms with Crippen LogP contribution in [0.4, 0.5) is 0 Å². The molecule has 71 valence electrons. The Hall–Kier alpha value is -1.30. The maximum Gasteiger partial charge on any atom is -0.00991 e. The summed E-state index contributed by atoms with van der Waals surface area (Å²) in [7, 11) is 0. The van der Waals surface area contributed by atoms with Crippen LogP contribution in [0.3, 0.4) is 0 Å². The molecule has 0 atom stereocenters. The van der Waals surface area contributed by atoms with Crippen LogP contribution in [0.25, 0.3) is 10.8 Å². The fourth-order valence-corrected chi connectivity index (χ4v) is 1.81. The van der Waals surface area contributed by atoms with Gasteiger partial charge in [-0.25, -0.2) is 0 Å². The van der Waals surface area contributed by atoms with Crippen molar-refractivity contribution in [2.45, 2.75) is 26.2 Å². The summed E-state index contributed by atoms with van der Waals surface area (Å²) in [5, 5.41) is 2.53. The molecule has 0 aliphatic rings. The summed E-state index contributed by atoms with van der Waals surface area (Å²) in [6, 6.07) is 15.9. The topological polar surface area (TPSA) is 0 Å². The maximum atomic E-state index is 3.26. The summed E-state index contributed by atoms with van der Waals surface area (Å²) < 4.78 is 0. The van der Waals surface area contributed by atoms with Crippen LogP contribution in [0.15, 0.2) is 36.4 Å². The van der Waals surface area contributed by atoms with E-state index in [2.05, 4.69) is 57.2 Å². The highest BCUT2D eigenvalue weighted by atomic mass is 14.2. The lowest BCUT2D eigenvalue weighted by atomic mass is 9.84. The van der Waals surface area contributed by atoms with Gasteiger partial charge in [0.1, 0.15) is 0 Å². The Balaban J connectivity index is 2.78. The van der Waals surface area contributed by atoms with Gasteiger partial charge in [0.25, 0.3) is 0 Å². The average Bonchev–Trinajstić information content (AvgIpc) is 2.15. The fourth-order valence-electron chi connectivity index (χ4n) is 1.81. The second-order valence-corrected chi connectivity index (χ2v) is 4.69. The summed E-state index contributed by atoms with van der Waals surface area (Å²) in [4.78, 5) is 0. The van der Waals surface area contributed by atoms with Gasteiger partial charge in [0.05, 0.1) is 0 Å². The van der Waals surface area contributed by atoms with Gasteiger partial charge in [-0.15, -0.1) is 0 Å². The summed E-state index contributed by atoms with van der Waals surface area (Å²) in [5.74, 6) is 0. The van der Waals surface area contributed by atoms with Gasteiger partial charge in [-0.2, -0.15) is 0 Å². The van der Waals surface area contributed by atoms with Crippen LogP contribution in [0.5, 0.6) is 0 Å². The smallest absolute Gasteiger partial charge is 0.00991 e. The summed E-state index contributed by atoms with van der Waals surface area (Å²) in [6.07, 6.45) is 0. The quantitative estimate of drug-likeness (QED) is 0.580. The molecular formula is C14H15. The van der Waals surface area contributed by atoms with E-state index in [4.69, 9.17) is 0 Å². The molecule has 2 rings (SSSR count). The number of fused-ring (bicyclic) bond motifs is 1. The van der Waals surface area contributed by atoms with Crippen molar-refractivity contribution < 1.29 is 0 Å². The van der Waals surface area contributed by atoms with Gasteiger partial charge in [-0.1, -0.05) is 57.2 Å². The van der Waals surface area contributed by atoms with Gasteiger partial charge in [0, 0.05) is 0 Å². The minimum Gasteiger partial charge on any atom is -0.0613 e. The van der Waals surface area contributed by atoms with Gasteiger partial charge < -0.3 is 0 Å². The van der Waals surface area contributed by atoms with Gasteiger partial charge >= 0.3 is 0 Å². The molecule has 0 aliphatic heterocycles. The Morgan fingerprint density at radius 3 is 2.50 bits per heavy atom. The second kappa shape index (κ2) is 3.13. The highest BCUT2D eigenvalue weighted by molar-refractivity contribution is 5.86. The first-order valence-corrected chi connectivity index (χ1v) is 4.99. The molecule has 0 nitrogen and oxygen atoms in total. The molecule has 0 aromatic heterocycles. The van der Waals surface area contributed by atoms with E-state index in [9.17, 15) is 0 Å². The summed E-state index contributed by atoms with van der Waals surface area (Å²) in [5.41, 5.74) is 1.60. The van der Waals surface area contributed by atoms with E-state index < -0.39 is 0 Å². The average molecular weight is 183 g/mol.